The zero-order valence-electron chi connectivity index (χ0n) is 4.56. The third-order valence-corrected chi connectivity index (χ3v) is 2.90. The van der Waals surface area contributed by atoms with Crippen molar-refractivity contribution in [1.82, 2.24) is 5.32 Å². The van der Waals surface area contributed by atoms with Gasteiger partial charge in [0.05, 0.1) is 0 Å². The van der Waals surface area contributed by atoms with E-state index >= 15 is 0 Å². The Balaban J connectivity index is 2.68. The summed E-state index contributed by atoms with van der Waals surface area (Å²) in [4.78, 5) is 4.09. The summed E-state index contributed by atoms with van der Waals surface area (Å²) in [5, 5.41) is 3.02. The van der Waals surface area contributed by atoms with Crippen LogP contribution in [-0.4, -0.2) is 17.0 Å². The fraction of sp³-hybridized carbons (Fsp3) is 0.200. The van der Waals surface area contributed by atoms with E-state index in [1.54, 1.807) is 0 Å². The first-order valence-corrected chi connectivity index (χ1v) is 4.63. The Bertz CT molecular complexity index is 158. The molecule has 1 rings (SSSR count). The standard InChI is InChI=1S/C5H7IN2/c1-7-5-6-3-2-4-8-5/h2-4H,1H3,(H,7,8). The smallest absolute Gasteiger partial charge is 0.138 e. The van der Waals surface area contributed by atoms with Gasteiger partial charge in [0, 0.05) is 6.21 Å². The Morgan fingerprint density at radius 3 is 3.00 bits per heavy atom. The van der Waals surface area contributed by atoms with Crippen molar-refractivity contribution in [2.75, 3.05) is 7.05 Å². The number of nitrogens with zero attached hydrogens (tertiary/aromatic N) is 1. The van der Waals surface area contributed by atoms with Gasteiger partial charge in [-0.2, -0.15) is 0 Å². The molecule has 0 saturated heterocycles. The molecule has 1 N–H and O–H groups in total. The lowest BCUT2D eigenvalue weighted by atomic mass is 10.7. The number of hydrogen-bond acceptors (Lipinski definition) is 2. The maximum atomic E-state index is 4.09. The van der Waals surface area contributed by atoms with Gasteiger partial charge in [0.25, 0.3) is 0 Å². The van der Waals surface area contributed by atoms with Gasteiger partial charge in [0.2, 0.25) is 0 Å². The van der Waals surface area contributed by atoms with E-state index < -0.39 is 0 Å². The van der Waals surface area contributed by atoms with E-state index in [2.05, 4.69) is 14.4 Å². The topological polar surface area (TPSA) is 24.4 Å². The molecule has 1 aliphatic rings. The average Bonchev–Trinajstić information content (AvgIpc) is 1.90. The molecule has 2 nitrogen and oxygen atoms in total. The Morgan fingerprint density at radius 1 is 1.75 bits per heavy atom. The molecule has 0 atom stereocenters. The maximum absolute atomic E-state index is 4.09. The molecule has 0 radical (unpaired) electrons. The molecule has 0 aromatic carbocycles. The normalized spacial score (nSPS) is 17.4. The molecule has 3 heteroatoms. The number of aliphatic imine (C=N–C) groups is 1. The first-order chi connectivity index (χ1) is 3.93. The van der Waals surface area contributed by atoms with Crippen LogP contribution in [0.1, 0.15) is 0 Å². The van der Waals surface area contributed by atoms with Crippen molar-refractivity contribution in [3.05, 3.63) is 10.2 Å². The molecule has 8 heavy (non-hydrogen) atoms. The second-order valence-electron chi connectivity index (χ2n) is 1.25. The van der Waals surface area contributed by atoms with Gasteiger partial charge in [-0.3, -0.25) is 5.32 Å². The molecule has 0 unspecified atom stereocenters. The van der Waals surface area contributed by atoms with Crippen LogP contribution in [0.4, 0.5) is 0 Å². The Labute approximate surface area is 58.4 Å². The zero-order valence-corrected chi connectivity index (χ0v) is 6.71. The van der Waals surface area contributed by atoms with Crippen molar-refractivity contribution in [1.29, 1.82) is 0 Å². The van der Waals surface area contributed by atoms with Gasteiger partial charge in [-0.1, -0.05) is 20.7 Å². The highest BCUT2D eigenvalue weighted by Gasteiger charge is 1.86. The molecule has 1 aliphatic heterocycles. The van der Waals surface area contributed by atoms with E-state index in [1.807, 2.05) is 19.3 Å². The lowest BCUT2D eigenvalue weighted by molar-refractivity contribution is 1.19. The van der Waals surface area contributed by atoms with E-state index in [9.17, 15) is 0 Å². The number of nitrogens with one attached hydrogen (secondary N) is 1. The summed E-state index contributed by atoms with van der Waals surface area (Å²) in [5.74, 6) is 0. The molecule has 0 bridgehead atoms. The lowest BCUT2D eigenvalue weighted by Gasteiger charge is -1.95. The van der Waals surface area contributed by atoms with Crippen LogP contribution < -0.4 is 5.32 Å². The van der Waals surface area contributed by atoms with Gasteiger partial charge in [0.15, 0.2) is 0 Å². The van der Waals surface area contributed by atoms with E-state index in [-0.39, 0.29) is 20.7 Å². The highest BCUT2D eigenvalue weighted by molar-refractivity contribution is 14.2. The fourth-order valence-corrected chi connectivity index (χ4v) is 1.75. The van der Waals surface area contributed by atoms with Crippen molar-refractivity contribution >= 4 is 30.7 Å². The number of rotatable bonds is 1. The number of hydrogen-bond donors (Lipinski definition) is 1. The van der Waals surface area contributed by atoms with E-state index in [1.165, 1.54) is 0 Å². The summed E-state index contributed by atoms with van der Waals surface area (Å²) in [6.45, 7) is 0. The SMILES string of the molecule is CNC1=IC=CC=N1. The van der Waals surface area contributed by atoms with Crippen molar-refractivity contribution in [2.45, 2.75) is 0 Å². The third-order valence-electron chi connectivity index (χ3n) is 0.719. The molecular weight excluding hydrogens is 215 g/mol. The van der Waals surface area contributed by atoms with Crippen molar-refractivity contribution in [3.8, 4) is 0 Å². The van der Waals surface area contributed by atoms with Gasteiger partial charge in [-0.25, -0.2) is 4.99 Å². The van der Waals surface area contributed by atoms with Crippen LogP contribution in [0.25, 0.3) is 0 Å². The average molecular weight is 222 g/mol. The van der Waals surface area contributed by atoms with Crippen LogP contribution in [0.15, 0.2) is 15.2 Å². The predicted octanol–water partition coefficient (Wildman–Crippen LogP) is 0.862. The molecule has 0 amide bonds. The summed E-state index contributed by atoms with van der Waals surface area (Å²) < 4.78 is 3.32. The van der Waals surface area contributed by atoms with Crippen molar-refractivity contribution < 1.29 is 0 Å². The molecule has 0 aliphatic carbocycles. The highest BCUT2D eigenvalue weighted by atomic mass is 127. The zero-order chi connectivity index (χ0) is 5.82. The van der Waals surface area contributed by atoms with Crippen LogP contribution in [0.3, 0.4) is 0 Å². The first kappa shape index (κ1) is 6.10. The summed E-state index contributed by atoms with van der Waals surface area (Å²) in [5.41, 5.74) is 0. The van der Waals surface area contributed by atoms with Crippen LogP contribution in [-0.2, 0) is 0 Å². The summed E-state index contributed by atoms with van der Waals surface area (Å²) in [7, 11) is 1.91. The van der Waals surface area contributed by atoms with E-state index in [0.717, 1.165) is 3.76 Å². The van der Waals surface area contributed by atoms with Crippen molar-refractivity contribution in [2.24, 2.45) is 4.99 Å². The minimum Gasteiger partial charge on any atom is -0.271 e. The Kier molecular flexibility index (Phi) is 2.35. The summed E-state index contributed by atoms with van der Waals surface area (Å²) >= 11 is 0.0758. The minimum absolute atomic E-state index is 0.0758. The predicted molar refractivity (Wildman–Crippen MR) is 45.7 cm³/mol. The quantitative estimate of drug-likeness (QED) is 0.654. The number of allylic oxidation sites excluding steroid dienone is 1. The fourth-order valence-electron chi connectivity index (χ4n) is 0.384. The summed E-state index contributed by atoms with van der Waals surface area (Å²) in [6.07, 6.45) is 3.81. The molecule has 0 aromatic heterocycles. The first-order valence-electron chi connectivity index (χ1n) is 2.31. The molecule has 44 valence electrons. The lowest BCUT2D eigenvalue weighted by Crippen LogP contribution is -2.13. The van der Waals surface area contributed by atoms with Gasteiger partial charge in [-0.05, 0) is 17.2 Å². The Hall–Kier alpha value is -0.0300. The molecular formula is C5H7IN2. The third kappa shape index (κ3) is 1.48. The molecule has 1 heterocycles. The largest absolute Gasteiger partial charge is 0.271 e. The Morgan fingerprint density at radius 2 is 2.62 bits per heavy atom. The van der Waals surface area contributed by atoms with E-state index in [0.29, 0.717) is 0 Å². The molecule has 0 spiro atoms. The number of halogens is 1. The minimum atomic E-state index is 0.0758. The van der Waals surface area contributed by atoms with Gasteiger partial charge in [-0.15, -0.1) is 0 Å². The van der Waals surface area contributed by atoms with Crippen LogP contribution in [0.2, 0.25) is 0 Å². The molecule has 0 fully saturated rings. The van der Waals surface area contributed by atoms with Gasteiger partial charge < -0.3 is 0 Å². The second kappa shape index (κ2) is 3.09. The van der Waals surface area contributed by atoms with Gasteiger partial charge in [0.1, 0.15) is 3.76 Å². The monoisotopic (exact) mass is 222 g/mol. The van der Waals surface area contributed by atoms with Crippen LogP contribution in [0.5, 0.6) is 0 Å². The summed E-state index contributed by atoms with van der Waals surface area (Å²) in [6, 6.07) is 0. The maximum Gasteiger partial charge on any atom is 0.138 e. The molecule has 0 saturated carbocycles. The van der Waals surface area contributed by atoms with E-state index in [4.69, 9.17) is 0 Å². The van der Waals surface area contributed by atoms with Crippen LogP contribution in [0, 0.1) is 0 Å². The highest BCUT2D eigenvalue weighted by Crippen LogP contribution is 2.03. The van der Waals surface area contributed by atoms with Crippen molar-refractivity contribution in [3.63, 3.8) is 0 Å². The second-order valence-corrected chi connectivity index (χ2v) is 3.61. The van der Waals surface area contributed by atoms with Gasteiger partial charge >= 0.3 is 0 Å². The molecule has 0 aromatic rings. The van der Waals surface area contributed by atoms with Crippen LogP contribution >= 0.6 is 20.7 Å².